The van der Waals surface area contributed by atoms with E-state index in [-0.39, 0.29) is 12.2 Å². The quantitative estimate of drug-likeness (QED) is 0.472. The van der Waals surface area contributed by atoms with Crippen molar-refractivity contribution in [2.75, 3.05) is 31.6 Å². The summed E-state index contributed by atoms with van der Waals surface area (Å²) in [5.41, 5.74) is 4.24. The van der Waals surface area contributed by atoms with E-state index in [2.05, 4.69) is 17.4 Å². The predicted molar refractivity (Wildman–Crippen MR) is 132 cm³/mol. The summed E-state index contributed by atoms with van der Waals surface area (Å²) in [4.78, 5) is 19.0. The zero-order valence-electron chi connectivity index (χ0n) is 20.3. The standard InChI is InChI=1S/C27H37N3O4/c1-19(2)34-25-11-4-3-9-22(25)26(27(31)32)30-16-14-21(18-30)33-17-6-5-8-20-12-13-23-24(29-20)10-7-15-28-23/h3-4,9,11-13,19,21,26,28H,5-8,10,14-18H2,1-2H3,(H,31,32)/t21-,26?/m1/s1. The third-order valence-electron chi connectivity index (χ3n) is 6.47. The zero-order chi connectivity index (χ0) is 23.9. The second-order valence-corrected chi connectivity index (χ2v) is 9.51. The molecule has 1 fully saturated rings. The van der Waals surface area contributed by atoms with Crippen LogP contribution in [0, 0.1) is 0 Å². The van der Waals surface area contributed by atoms with Crippen molar-refractivity contribution < 1.29 is 19.4 Å². The van der Waals surface area contributed by atoms with Crippen LogP contribution in [0.5, 0.6) is 5.75 Å². The molecule has 0 aliphatic carbocycles. The molecule has 2 aliphatic heterocycles. The number of ether oxygens (including phenoxy) is 2. The Morgan fingerprint density at radius 1 is 1.24 bits per heavy atom. The summed E-state index contributed by atoms with van der Waals surface area (Å²) in [5.74, 6) is -0.214. The Hall–Kier alpha value is -2.64. The summed E-state index contributed by atoms with van der Waals surface area (Å²) in [6.07, 6.45) is 6.06. The number of hydrogen-bond donors (Lipinski definition) is 2. The number of nitrogens with zero attached hydrogens (tertiary/aromatic N) is 2. The van der Waals surface area contributed by atoms with Crippen molar-refractivity contribution in [3.8, 4) is 5.75 Å². The van der Waals surface area contributed by atoms with E-state index < -0.39 is 12.0 Å². The molecule has 34 heavy (non-hydrogen) atoms. The van der Waals surface area contributed by atoms with E-state index in [4.69, 9.17) is 14.5 Å². The van der Waals surface area contributed by atoms with Crippen LogP contribution < -0.4 is 10.1 Å². The number of pyridine rings is 1. The first-order valence-corrected chi connectivity index (χ1v) is 12.6. The number of aromatic nitrogens is 1. The van der Waals surface area contributed by atoms with Gasteiger partial charge in [0.15, 0.2) is 0 Å². The Kier molecular flexibility index (Phi) is 8.40. The van der Waals surface area contributed by atoms with Gasteiger partial charge in [0.05, 0.1) is 23.6 Å². The zero-order valence-corrected chi connectivity index (χ0v) is 20.3. The van der Waals surface area contributed by atoms with Gasteiger partial charge in [-0.3, -0.25) is 14.7 Å². The summed E-state index contributed by atoms with van der Waals surface area (Å²) in [6.45, 7) is 6.94. The summed E-state index contributed by atoms with van der Waals surface area (Å²) in [7, 11) is 0. The van der Waals surface area contributed by atoms with Gasteiger partial charge in [0, 0.05) is 37.5 Å². The predicted octanol–water partition coefficient (Wildman–Crippen LogP) is 4.47. The highest BCUT2D eigenvalue weighted by Crippen LogP contribution is 2.33. The van der Waals surface area contributed by atoms with Gasteiger partial charge < -0.3 is 19.9 Å². The molecule has 4 rings (SSSR count). The van der Waals surface area contributed by atoms with Gasteiger partial charge in [0.25, 0.3) is 0 Å². The van der Waals surface area contributed by atoms with Gasteiger partial charge in [0.2, 0.25) is 0 Å². The second-order valence-electron chi connectivity index (χ2n) is 9.51. The minimum absolute atomic E-state index is 0.0153. The maximum absolute atomic E-state index is 12.2. The SMILES string of the molecule is CC(C)Oc1ccccc1C(C(=O)O)N1CC[C@@H](OCCCCc2ccc3c(n2)CCCN3)C1. The number of aryl methyl sites for hydroxylation is 2. The lowest BCUT2D eigenvalue weighted by Gasteiger charge is -2.26. The molecule has 1 aromatic heterocycles. The van der Waals surface area contributed by atoms with E-state index in [1.165, 1.54) is 11.4 Å². The van der Waals surface area contributed by atoms with Gasteiger partial charge in [0.1, 0.15) is 11.8 Å². The van der Waals surface area contributed by atoms with Crippen molar-refractivity contribution in [1.29, 1.82) is 0 Å². The van der Waals surface area contributed by atoms with Gasteiger partial charge in [-0.15, -0.1) is 0 Å². The molecule has 2 atom stereocenters. The summed E-state index contributed by atoms with van der Waals surface area (Å²) < 4.78 is 12.0. The van der Waals surface area contributed by atoms with E-state index in [1.807, 2.05) is 43.0 Å². The molecular weight excluding hydrogens is 430 g/mol. The van der Waals surface area contributed by atoms with Gasteiger partial charge in [-0.2, -0.15) is 0 Å². The lowest BCUT2D eigenvalue weighted by molar-refractivity contribution is -0.143. The average molecular weight is 468 g/mol. The lowest BCUT2D eigenvalue weighted by atomic mass is 10.0. The van der Waals surface area contributed by atoms with Crippen molar-refractivity contribution in [3.63, 3.8) is 0 Å². The molecule has 0 radical (unpaired) electrons. The van der Waals surface area contributed by atoms with Crippen LogP contribution in [-0.2, 0) is 22.4 Å². The van der Waals surface area contributed by atoms with E-state index in [9.17, 15) is 9.90 Å². The molecular formula is C27H37N3O4. The molecule has 1 saturated heterocycles. The molecule has 2 N–H and O–H groups in total. The van der Waals surface area contributed by atoms with Crippen molar-refractivity contribution in [2.45, 2.75) is 70.6 Å². The Bertz CT molecular complexity index is 965. The number of nitrogens with one attached hydrogen (secondary N) is 1. The number of fused-ring (bicyclic) bond motifs is 1. The molecule has 2 aliphatic rings. The van der Waals surface area contributed by atoms with Crippen LogP contribution in [0.2, 0.25) is 0 Å². The highest BCUT2D eigenvalue weighted by Gasteiger charge is 2.35. The molecule has 7 heteroatoms. The third-order valence-corrected chi connectivity index (χ3v) is 6.47. The Labute approximate surface area is 202 Å². The highest BCUT2D eigenvalue weighted by atomic mass is 16.5. The largest absolute Gasteiger partial charge is 0.491 e. The van der Waals surface area contributed by atoms with Crippen LogP contribution >= 0.6 is 0 Å². The Morgan fingerprint density at radius 3 is 2.91 bits per heavy atom. The van der Waals surface area contributed by atoms with E-state index in [1.54, 1.807) is 0 Å². The molecule has 184 valence electrons. The number of carbonyl (C=O) groups is 1. The van der Waals surface area contributed by atoms with Crippen LogP contribution in [0.1, 0.15) is 62.5 Å². The summed E-state index contributed by atoms with van der Waals surface area (Å²) in [5, 5.41) is 13.4. The summed E-state index contributed by atoms with van der Waals surface area (Å²) >= 11 is 0. The lowest BCUT2D eigenvalue weighted by Crippen LogP contribution is -2.34. The number of anilines is 1. The Morgan fingerprint density at radius 2 is 2.09 bits per heavy atom. The molecule has 7 nitrogen and oxygen atoms in total. The molecule has 0 bridgehead atoms. The number of likely N-dealkylation sites (tertiary alicyclic amines) is 1. The summed E-state index contributed by atoms with van der Waals surface area (Å²) in [6, 6.07) is 11.0. The van der Waals surface area contributed by atoms with Gasteiger partial charge >= 0.3 is 5.97 Å². The van der Waals surface area contributed by atoms with Gasteiger partial charge in [-0.25, -0.2) is 0 Å². The number of hydrogen-bond acceptors (Lipinski definition) is 6. The fraction of sp³-hybridized carbons (Fsp3) is 0.556. The monoisotopic (exact) mass is 467 g/mol. The molecule has 0 amide bonds. The molecule has 3 heterocycles. The highest BCUT2D eigenvalue weighted by molar-refractivity contribution is 5.76. The fourth-order valence-corrected chi connectivity index (χ4v) is 4.85. The number of para-hydroxylation sites is 1. The van der Waals surface area contributed by atoms with Crippen LogP contribution in [0.25, 0.3) is 0 Å². The first-order chi connectivity index (χ1) is 16.5. The van der Waals surface area contributed by atoms with Crippen molar-refractivity contribution >= 4 is 11.7 Å². The fourth-order valence-electron chi connectivity index (χ4n) is 4.85. The first-order valence-electron chi connectivity index (χ1n) is 12.6. The van der Waals surface area contributed by atoms with Crippen molar-refractivity contribution in [2.24, 2.45) is 0 Å². The normalized spacial score (nSPS) is 19.0. The maximum Gasteiger partial charge on any atom is 0.325 e. The van der Waals surface area contributed by atoms with Crippen LogP contribution in [0.15, 0.2) is 36.4 Å². The molecule has 2 aromatic rings. The molecule has 0 saturated carbocycles. The number of unbranched alkanes of at least 4 members (excludes halogenated alkanes) is 1. The second kappa shape index (κ2) is 11.7. The number of rotatable bonds is 11. The minimum Gasteiger partial charge on any atom is -0.491 e. The van der Waals surface area contributed by atoms with Crippen LogP contribution in [-0.4, -0.2) is 59.4 Å². The smallest absolute Gasteiger partial charge is 0.325 e. The van der Waals surface area contributed by atoms with Crippen molar-refractivity contribution in [1.82, 2.24) is 9.88 Å². The first kappa shape index (κ1) is 24.5. The van der Waals surface area contributed by atoms with Crippen molar-refractivity contribution in [3.05, 3.63) is 53.3 Å². The van der Waals surface area contributed by atoms with E-state index in [0.29, 0.717) is 31.0 Å². The number of benzene rings is 1. The van der Waals surface area contributed by atoms with Gasteiger partial charge in [-0.05, 0) is 70.6 Å². The minimum atomic E-state index is -0.854. The number of aliphatic carboxylic acids is 1. The molecule has 1 aromatic carbocycles. The van der Waals surface area contributed by atoms with Crippen LogP contribution in [0.3, 0.4) is 0 Å². The third kappa shape index (κ3) is 6.27. The van der Waals surface area contributed by atoms with E-state index >= 15 is 0 Å². The Balaban J connectivity index is 1.24. The van der Waals surface area contributed by atoms with Gasteiger partial charge in [-0.1, -0.05) is 18.2 Å². The molecule has 1 unspecified atom stereocenters. The molecule has 0 spiro atoms. The average Bonchev–Trinajstić information content (AvgIpc) is 3.27. The topological polar surface area (TPSA) is 83.9 Å². The number of carboxylic acids is 1. The van der Waals surface area contributed by atoms with E-state index in [0.717, 1.165) is 50.8 Å². The maximum atomic E-state index is 12.2. The van der Waals surface area contributed by atoms with Crippen LogP contribution in [0.4, 0.5) is 5.69 Å². The number of carboxylic acid groups (broad SMARTS) is 1.